The van der Waals surface area contributed by atoms with Gasteiger partial charge in [0.25, 0.3) is 23.3 Å². The van der Waals surface area contributed by atoms with Crippen molar-refractivity contribution in [2.75, 3.05) is 0 Å². The van der Waals surface area contributed by atoms with Gasteiger partial charge in [0, 0.05) is 89.4 Å². The molecule has 0 spiro atoms. The summed E-state index contributed by atoms with van der Waals surface area (Å²) in [5.41, 5.74) is 24.6. The molecule has 0 aliphatic carbocycles. The first-order valence-corrected chi connectivity index (χ1v) is 43.4. The number of hydrogen-bond acceptors (Lipinski definition) is 9. The molecule has 0 N–H and O–H groups in total. The summed E-state index contributed by atoms with van der Waals surface area (Å²) in [6.45, 7) is 24.1. The van der Waals surface area contributed by atoms with E-state index in [0.717, 1.165) is 151 Å². The van der Waals surface area contributed by atoms with Gasteiger partial charge in [0.2, 0.25) is 25.3 Å². The molecule has 0 amide bonds. The van der Waals surface area contributed by atoms with Crippen LogP contribution in [0.4, 0.5) is 0 Å². The van der Waals surface area contributed by atoms with Crippen LogP contribution >= 0.6 is 0 Å². The van der Waals surface area contributed by atoms with E-state index in [9.17, 15) is 0 Å². The van der Waals surface area contributed by atoms with Gasteiger partial charge in [-0.1, -0.05) is 204 Å². The Morgan fingerprint density at radius 2 is 0.775 bits per heavy atom. The number of fused-ring (bicyclic) bond motifs is 9. The molecule has 0 saturated heterocycles. The van der Waals surface area contributed by atoms with Crippen LogP contribution in [0.1, 0.15) is 127 Å². The van der Waals surface area contributed by atoms with Crippen LogP contribution in [0.25, 0.3) is 134 Å². The van der Waals surface area contributed by atoms with E-state index in [1.165, 1.54) is 39.3 Å². The highest BCUT2D eigenvalue weighted by Crippen LogP contribution is 2.43. The molecule has 9 heterocycles. The topological polar surface area (TPSA) is 170 Å². The van der Waals surface area contributed by atoms with E-state index < -0.39 is 13.7 Å². The number of aryl methyl sites for hydroxylation is 15. The Morgan fingerprint density at radius 1 is 0.349 bits per heavy atom. The highest BCUT2D eigenvalue weighted by Gasteiger charge is 2.35. The van der Waals surface area contributed by atoms with Crippen molar-refractivity contribution in [3.63, 3.8) is 0 Å². The van der Waals surface area contributed by atoms with Gasteiger partial charge in [-0.05, 0) is 204 Å². The van der Waals surface area contributed by atoms with Gasteiger partial charge in [-0.3, -0.25) is 0 Å². The van der Waals surface area contributed by atoms with Crippen molar-refractivity contribution < 1.29 is 49.3 Å². The third-order valence-electron chi connectivity index (χ3n) is 24.2. The lowest BCUT2D eigenvalue weighted by molar-refractivity contribution is -0.750. The van der Waals surface area contributed by atoms with Crippen molar-refractivity contribution >= 4 is 65.8 Å². The molecule has 0 unspecified atom stereocenters. The number of furan rings is 3. The smallest absolute Gasteiger partial charge is 0.350 e. The van der Waals surface area contributed by atoms with E-state index >= 15 is 0 Å². The summed E-state index contributed by atoms with van der Waals surface area (Å²) in [7, 11) is 11.6. The lowest BCUT2D eigenvalue weighted by Gasteiger charge is -2.20. The summed E-state index contributed by atoms with van der Waals surface area (Å²) in [5, 5.41) is 15.3. The fraction of sp³-hybridized carbons (Fsp3) is 0.222. The van der Waals surface area contributed by atoms with E-state index in [2.05, 4.69) is 180 Å². The van der Waals surface area contributed by atoms with Crippen LogP contribution in [-0.2, 0) is 42.3 Å². The van der Waals surface area contributed by atoms with Crippen molar-refractivity contribution in [3.8, 4) is 68.3 Å². The fourth-order valence-electron chi connectivity index (χ4n) is 17.2. The second kappa shape index (κ2) is 36.8. The zero-order chi connectivity index (χ0) is 95.9. The Morgan fingerprint density at radius 3 is 1.25 bits per heavy atom. The highest BCUT2D eigenvalue weighted by atomic mass is 16.3. The maximum absolute atomic E-state index is 8.42. The molecule has 0 fully saturated rings. The molecular weight excluding hydrogens is 1600 g/mol. The number of benzene rings is 12. The van der Waals surface area contributed by atoms with E-state index in [1.54, 1.807) is 27.3 Å². The first-order valence-electron chi connectivity index (χ1n) is 46.4. The maximum atomic E-state index is 8.42. The van der Waals surface area contributed by atoms with E-state index in [1.807, 2.05) is 299 Å². The molecule has 0 aliphatic rings. The Bertz CT molecular complexity index is 7880. The molecule has 9 aromatic heterocycles. The lowest BCUT2D eigenvalue weighted by Crippen LogP contribution is -2.40. The minimum absolute atomic E-state index is 0.0193. The summed E-state index contributed by atoms with van der Waals surface area (Å²) in [5.74, 6) is 4.58. The normalized spacial score (nSPS) is 12.2. The Labute approximate surface area is 761 Å². The van der Waals surface area contributed by atoms with Gasteiger partial charge in [-0.2, -0.15) is 23.2 Å². The second-order valence-electron chi connectivity index (χ2n) is 33.5. The molecule has 129 heavy (non-hydrogen) atoms. The molecule has 21 rings (SSSR count). The SMILES string of the molecule is Cc1ccccc1-n1cnc(-c2ccccc2)[n+]1C.Cc1ccccc1-n1cnc(C)[n+]1C.Cc1ccccc1-n1cnc(C)[n+]1C.Cc1ccccc1-n1cnc[n+]1C.[2H]C([2H])([2H])c1nn(C)c(-c2c(C)ccc3c2oc2ccccc23)[n+]1-c1c(C)cc2c(oc3ccccc32)c1C.[2H]C([2H])([2H])c1nn(C)c(-c2ccccc2C)[n+]1-c1c(C(C)C)cc2c(oc3ccccc32)c1C(C)C. The molecule has 0 bridgehead atoms. The molecule has 0 atom stereocenters. The molecule has 0 aliphatic heterocycles. The Balaban J connectivity index is 0.000000125. The first-order chi connectivity index (χ1) is 64.6. The van der Waals surface area contributed by atoms with Crippen LogP contribution in [0.5, 0.6) is 0 Å². The van der Waals surface area contributed by atoms with Gasteiger partial charge in [-0.25, -0.2) is 0 Å². The zero-order valence-corrected chi connectivity index (χ0v) is 77.0. The minimum Gasteiger partial charge on any atom is -0.456 e. The van der Waals surface area contributed by atoms with E-state index in [4.69, 9.17) is 21.5 Å². The van der Waals surface area contributed by atoms with Crippen molar-refractivity contribution in [3.05, 3.63) is 359 Å². The van der Waals surface area contributed by atoms with Gasteiger partial charge in [-0.15, -0.1) is 32.8 Å². The van der Waals surface area contributed by atoms with Gasteiger partial charge >= 0.3 is 23.8 Å². The van der Waals surface area contributed by atoms with Crippen molar-refractivity contribution in [2.24, 2.45) is 42.3 Å². The molecule has 21 aromatic rings. The number of rotatable bonds is 11. The summed E-state index contributed by atoms with van der Waals surface area (Å²) in [6.07, 6.45) is 9.15. The Kier molecular flexibility index (Phi) is 22.8. The predicted octanol–water partition coefficient (Wildman–Crippen LogP) is 20.8. The van der Waals surface area contributed by atoms with Crippen LogP contribution < -0.4 is 27.9 Å². The highest BCUT2D eigenvalue weighted by molar-refractivity contribution is 6.10. The lowest BCUT2D eigenvalue weighted by atomic mass is 9.89. The molecule has 0 saturated carbocycles. The van der Waals surface area contributed by atoms with Gasteiger partial charge < -0.3 is 13.3 Å². The summed E-state index contributed by atoms with van der Waals surface area (Å²) < 4.78 is 92.9. The third-order valence-corrected chi connectivity index (χ3v) is 24.2. The number of para-hydroxylation sites is 7. The second-order valence-corrected chi connectivity index (χ2v) is 33.5. The predicted molar refractivity (Wildman–Crippen MR) is 512 cm³/mol. The molecule has 21 nitrogen and oxygen atoms in total. The summed E-state index contributed by atoms with van der Waals surface area (Å²) in [4.78, 5) is 17.1. The monoisotopic (exact) mass is 1720 g/mol. The average molecular weight is 1720 g/mol. The average Bonchev–Trinajstić information content (AvgIpc) is 1.57. The third kappa shape index (κ3) is 16.9. The van der Waals surface area contributed by atoms with Crippen LogP contribution in [-0.4, -0.2) is 58.2 Å². The van der Waals surface area contributed by atoms with E-state index in [0.29, 0.717) is 11.4 Å². The zero-order valence-electron chi connectivity index (χ0n) is 83.0. The number of nitrogens with zero attached hydrogens (tertiary/aromatic N) is 18. The van der Waals surface area contributed by atoms with E-state index in [-0.39, 0.29) is 23.5 Å². The molecule has 21 heteroatoms. The maximum Gasteiger partial charge on any atom is 0.350 e. The molecular formula is C108H114N18O3+6. The first kappa shape index (κ1) is 79.8. The van der Waals surface area contributed by atoms with Crippen molar-refractivity contribution in [2.45, 2.75) is 122 Å². The van der Waals surface area contributed by atoms with Crippen LogP contribution in [0.2, 0.25) is 0 Å². The van der Waals surface area contributed by atoms with Gasteiger partial charge in [0.05, 0.1) is 53.5 Å². The van der Waals surface area contributed by atoms with Gasteiger partial charge in [0.15, 0.2) is 0 Å². The fourth-order valence-corrected chi connectivity index (χ4v) is 17.2. The molecule has 648 valence electrons. The molecule has 0 radical (unpaired) electrons. The van der Waals surface area contributed by atoms with Crippen molar-refractivity contribution in [1.29, 1.82) is 0 Å². The Hall–Kier alpha value is -15.1. The van der Waals surface area contributed by atoms with Crippen LogP contribution in [0, 0.1) is 82.9 Å². The number of hydrogen-bond donors (Lipinski definition) is 0. The molecule has 12 aromatic carbocycles. The quantitative estimate of drug-likeness (QED) is 0.114. The summed E-state index contributed by atoms with van der Waals surface area (Å²) in [6, 6.07) is 83.6. The largest absolute Gasteiger partial charge is 0.456 e. The summed E-state index contributed by atoms with van der Waals surface area (Å²) >= 11 is 0. The van der Waals surface area contributed by atoms with Gasteiger partial charge in [0.1, 0.15) is 73.1 Å². The van der Waals surface area contributed by atoms with Crippen molar-refractivity contribution in [1.82, 2.24) is 58.2 Å². The number of aromatic nitrogens is 18. The minimum atomic E-state index is -2.46. The van der Waals surface area contributed by atoms with Crippen LogP contribution in [0.3, 0.4) is 0 Å². The standard InChI is InChI=1S/C31H26N3O2.C29H32N3O.C16H16N3.2C11H14N3.C10H12N3/c1-17-14-15-23-21-10-6-8-12-25(21)36-30(23)27(17)31-33(5)32-20(4)34(31)28-18(2)16-24-22-11-7-9-13-26(22)35-29(24)19(28)3;1-17(2)23-16-24-22-14-10-11-15-25(22)33-28(24)26(18(3)4)27(23)32-20(6)30-31(7)29(32)21-13-9-8-12-19(21)5;1-13-8-6-7-11-15(13)19-12-17-16(18(19)2)14-9-4-3-5-10-14;2*1-9-6-4-5-7-11(9)14-8-12-10(2)13(14)3;1-9-5-3-4-6-10(9)13-8-11-7-12(13)2/h6-16H,1-5H3;8-18H,1-7H3;3-12H,1-2H3;2*4-8H,1-3H3;3-8H,1-2H3/q6*+1/i4D3;6D3;;;;. The van der Waals surface area contributed by atoms with Crippen LogP contribution in [0.15, 0.2) is 294 Å².